The molecule has 0 radical (unpaired) electrons. The minimum atomic E-state index is -7.67. The highest BCUT2D eigenvalue weighted by Crippen LogP contribution is 2.58. The number of benzene rings is 1. The molecule has 2 nitrogen and oxygen atoms in total. The molecule has 1 N–H and O–H groups in total. The maximum absolute atomic E-state index is 13.6. The van der Waals surface area contributed by atoms with Gasteiger partial charge in [-0.05, 0) is 24.3 Å². The minimum absolute atomic E-state index is 0.285. The molecule has 1 aromatic rings. The Labute approximate surface area is 168 Å². The van der Waals surface area contributed by atoms with E-state index in [1.54, 1.807) is 5.32 Å². The third kappa shape index (κ3) is 5.22. The van der Waals surface area contributed by atoms with E-state index in [-0.39, 0.29) is 5.69 Å². The number of hydrogen-bond donors (Lipinski definition) is 1. The first-order chi connectivity index (χ1) is 14.1. The fourth-order valence-electron chi connectivity index (χ4n) is 1.91. The molecule has 0 atom stereocenters. The maximum atomic E-state index is 13.6. The summed E-state index contributed by atoms with van der Waals surface area (Å²) < 4.78 is 196. The summed E-state index contributed by atoms with van der Waals surface area (Å²) in [5.74, 6) is -36.8. The van der Waals surface area contributed by atoms with Crippen LogP contribution in [0.3, 0.4) is 0 Å². The van der Waals surface area contributed by atoms with Gasteiger partial charge >= 0.3 is 42.2 Å². The van der Waals surface area contributed by atoms with Crippen molar-refractivity contribution in [2.24, 2.45) is 0 Å². The van der Waals surface area contributed by atoms with Crippen LogP contribution in [0.4, 0.5) is 71.5 Å². The highest BCUT2D eigenvalue weighted by atomic mass is 19.4. The largest absolute Gasteiger partial charge is 0.487 e. The topological polar surface area (TPSA) is 21.3 Å². The molecular weight excluding hydrogens is 495 g/mol. The van der Waals surface area contributed by atoms with E-state index < -0.39 is 61.1 Å². The van der Waals surface area contributed by atoms with Crippen molar-refractivity contribution in [1.82, 2.24) is 0 Å². The zero-order valence-electron chi connectivity index (χ0n) is 14.9. The second kappa shape index (κ2) is 8.61. The van der Waals surface area contributed by atoms with E-state index in [4.69, 9.17) is 0 Å². The third-order valence-corrected chi connectivity index (χ3v) is 3.71. The van der Waals surface area contributed by atoms with Gasteiger partial charge in [-0.1, -0.05) is 0 Å². The second-order valence-electron chi connectivity index (χ2n) is 6.13. The van der Waals surface area contributed by atoms with Crippen molar-refractivity contribution in [3.63, 3.8) is 0 Å². The van der Waals surface area contributed by atoms with Gasteiger partial charge in [0.25, 0.3) is 0 Å². The number of rotatable bonds is 10. The molecule has 0 aromatic heterocycles. The predicted molar refractivity (Wildman–Crippen MR) is 77.2 cm³/mol. The van der Waals surface area contributed by atoms with Crippen LogP contribution in [-0.4, -0.2) is 55.4 Å². The van der Waals surface area contributed by atoms with Gasteiger partial charge in [0.05, 0.1) is 0 Å². The average Bonchev–Trinajstić information content (AvgIpc) is 2.64. The van der Waals surface area contributed by atoms with Gasteiger partial charge in [-0.15, -0.1) is 0 Å². The molecule has 0 saturated carbocycles. The Morgan fingerprint density at radius 1 is 0.688 bits per heavy atom. The number of anilines is 1. The average molecular weight is 505 g/mol. The summed E-state index contributed by atoms with van der Waals surface area (Å²) in [7, 11) is 0. The Morgan fingerprint density at radius 3 is 1.56 bits per heavy atom. The van der Waals surface area contributed by atoms with Crippen molar-refractivity contribution >= 4 is 5.69 Å². The van der Waals surface area contributed by atoms with Gasteiger partial charge in [0, 0.05) is 5.69 Å². The van der Waals surface area contributed by atoms with Crippen molar-refractivity contribution in [2.45, 2.75) is 42.2 Å². The van der Waals surface area contributed by atoms with Gasteiger partial charge in [0.15, 0.2) is 6.61 Å². The lowest BCUT2D eigenvalue weighted by molar-refractivity contribution is -0.414. The van der Waals surface area contributed by atoms with Crippen LogP contribution in [-0.2, 0) is 0 Å². The van der Waals surface area contributed by atoms with Crippen LogP contribution in [0.5, 0.6) is 5.75 Å². The monoisotopic (exact) mass is 505 g/mol. The fourth-order valence-corrected chi connectivity index (χ4v) is 1.91. The number of ether oxygens (including phenoxy) is 1. The first-order valence-corrected chi connectivity index (χ1v) is 7.81. The smallest absolute Gasteiger partial charge is 0.405 e. The minimum Gasteiger partial charge on any atom is -0.487 e. The lowest BCUT2D eigenvalue weighted by atomic mass is 9.94. The number of hydrogen-bond acceptors (Lipinski definition) is 2. The van der Waals surface area contributed by atoms with Gasteiger partial charge < -0.3 is 10.1 Å². The van der Waals surface area contributed by atoms with E-state index in [9.17, 15) is 65.9 Å². The molecule has 0 aliphatic heterocycles. The van der Waals surface area contributed by atoms with Crippen LogP contribution in [0.2, 0.25) is 0 Å². The Hall–Kier alpha value is -2.23. The van der Waals surface area contributed by atoms with Crippen LogP contribution in [0, 0.1) is 0 Å². The summed E-state index contributed by atoms with van der Waals surface area (Å²) in [6, 6.07) is 2.65. The zero-order valence-corrected chi connectivity index (χ0v) is 14.9. The molecule has 186 valence electrons. The molecule has 0 heterocycles. The van der Waals surface area contributed by atoms with Crippen molar-refractivity contribution in [1.29, 1.82) is 0 Å². The molecule has 0 aliphatic carbocycles. The Bertz CT molecular complexity index is 757. The molecule has 1 aromatic carbocycles. The van der Waals surface area contributed by atoms with Crippen molar-refractivity contribution < 1.29 is 70.6 Å². The lowest BCUT2D eigenvalue weighted by Gasteiger charge is -2.39. The summed E-state index contributed by atoms with van der Waals surface area (Å²) >= 11 is 0. The van der Waals surface area contributed by atoms with Crippen LogP contribution in [0.1, 0.15) is 0 Å². The van der Waals surface area contributed by atoms with E-state index in [0.29, 0.717) is 12.1 Å². The maximum Gasteiger partial charge on any atom is 0.405 e. The van der Waals surface area contributed by atoms with E-state index in [1.165, 1.54) is 0 Å². The third-order valence-electron chi connectivity index (χ3n) is 3.71. The molecule has 0 fully saturated rings. The number of alkyl halides is 15. The Morgan fingerprint density at radius 2 is 1.16 bits per heavy atom. The summed E-state index contributed by atoms with van der Waals surface area (Å²) in [5.41, 5.74) is -0.285. The van der Waals surface area contributed by atoms with E-state index in [1.807, 2.05) is 0 Å². The molecular formula is C15H10F15NO. The van der Waals surface area contributed by atoms with E-state index >= 15 is 0 Å². The molecule has 0 saturated heterocycles. The Kier molecular flexibility index (Phi) is 7.48. The van der Waals surface area contributed by atoms with Crippen molar-refractivity contribution in [2.75, 3.05) is 18.5 Å². The molecule has 0 unspecified atom stereocenters. The molecule has 0 bridgehead atoms. The second-order valence-corrected chi connectivity index (χ2v) is 6.13. The number of halogens is 15. The summed E-state index contributed by atoms with van der Waals surface area (Å²) in [4.78, 5) is 0. The zero-order chi connectivity index (χ0) is 25.4. The first-order valence-electron chi connectivity index (χ1n) is 7.81. The molecule has 0 spiro atoms. The first kappa shape index (κ1) is 27.8. The molecule has 1 rings (SSSR count). The van der Waals surface area contributed by atoms with Crippen molar-refractivity contribution in [3.8, 4) is 5.75 Å². The van der Waals surface area contributed by atoms with E-state index in [0.717, 1.165) is 12.1 Å². The Balaban J connectivity index is 3.02. The van der Waals surface area contributed by atoms with Crippen LogP contribution in [0.25, 0.3) is 0 Å². The fraction of sp³-hybridized carbons (Fsp3) is 0.600. The summed E-state index contributed by atoms with van der Waals surface area (Å²) in [6.45, 7) is -4.36. The predicted octanol–water partition coefficient (Wildman–Crippen LogP) is 6.48. The van der Waals surface area contributed by atoms with Gasteiger partial charge in [-0.2, -0.15) is 57.1 Å². The normalized spacial score (nSPS) is 14.6. The van der Waals surface area contributed by atoms with Gasteiger partial charge in [0.1, 0.15) is 12.3 Å². The highest BCUT2D eigenvalue weighted by molar-refractivity contribution is 5.46. The van der Waals surface area contributed by atoms with Gasteiger partial charge in [-0.25, -0.2) is 8.78 Å². The quantitative estimate of drug-likeness (QED) is 0.368. The van der Waals surface area contributed by atoms with Crippen molar-refractivity contribution in [3.05, 3.63) is 24.3 Å². The van der Waals surface area contributed by atoms with Crippen LogP contribution < -0.4 is 10.1 Å². The number of nitrogens with one attached hydrogen (secondary N) is 1. The van der Waals surface area contributed by atoms with Gasteiger partial charge in [-0.3, -0.25) is 0 Å². The van der Waals surface area contributed by atoms with Gasteiger partial charge in [0.2, 0.25) is 0 Å². The lowest BCUT2D eigenvalue weighted by Crippen LogP contribution is -2.69. The summed E-state index contributed by atoms with van der Waals surface area (Å²) in [5, 5.41) is 1.80. The molecule has 17 heteroatoms. The SMILES string of the molecule is FC(F)C(F)(F)C(F)(F)C(F)(F)C(F)(F)C(F)(F)COc1ccc(NCC(F)(F)F)cc1. The standard InChI is InChI=1S/C15H10F15NO/c16-9(17)12(23,24)14(27,28)15(29,30)13(25,26)10(18,19)6-32-8-3-1-7(2-4-8)31-5-11(20,21)22/h1-4,9,31H,5-6H2. The summed E-state index contributed by atoms with van der Waals surface area (Å²) in [6.07, 6.45) is -10.3. The van der Waals surface area contributed by atoms with Crippen LogP contribution in [0.15, 0.2) is 24.3 Å². The molecule has 0 amide bonds. The highest BCUT2D eigenvalue weighted by Gasteiger charge is 2.87. The molecule has 32 heavy (non-hydrogen) atoms. The molecule has 0 aliphatic rings. The van der Waals surface area contributed by atoms with E-state index in [2.05, 4.69) is 4.74 Å². The van der Waals surface area contributed by atoms with Crippen LogP contribution >= 0.6 is 0 Å².